The van der Waals surface area contributed by atoms with Crippen LogP contribution in [0.3, 0.4) is 0 Å². The summed E-state index contributed by atoms with van der Waals surface area (Å²) < 4.78 is 36.8. The molecule has 0 fully saturated rings. The first-order valence-electron chi connectivity index (χ1n) is 3.79. The van der Waals surface area contributed by atoms with E-state index in [1.807, 2.05) is 0 Å². The summed E-state index contributed by atoms with van der Waals surface area (Å²) in [5, 5.41) is 0.344. The molecular weight excluding hydrogens is 280 g/mol. The third kappa shape index (κ3) is 2.64. The van der Waals surface area contributed by atoms with E-state index in [9.17, 15) is 13.2 Å². The molecule has 14 heavy (non-hydrogen) atoms. The minimum atomic E-state index is -4.29. The van der Waals surface area contributed by atoms with Gasteiger partial charge in [-0.1, -0.05) is 39.7 Å². The predicted molar refractivity (Wildman–Crippen MR) is 53.9 cm³/mol. The predicted octanol–water partition coefficient (Wildman–Crippen LogP) is 4.65. The van der Waals surface area contributed by atoms with Gasteiger partial charge in [0.1, 0.15) is 4.83 Å². The molecule has 78 valence electrons. The average Bonchev–Trinajstić information content (AvgIpc) is 2.07. The molecule has 0 heterocycles. The highest BCUT2D eigenvalue weighted by molar-refractivity contribution is 9.09. The van der Waals surface area contributed by atoms with E-state index in [0.29, 0.717) is 5.02 Å². The molecule has 0 saturated carbocycles. The first-order chi connectivity index (χ1) is 6.32. The van der Waals surface area contributed by atoms with E-state index in [2.05, 4.69) is 15.9 Å². The molecule has 0 nitrogen and oxygen atoms in total. The van der Waals surface area contributed by atoms with E-state index in [-0.39, 0.29) is 5.56 Å². The first kappa shape index (κ1) is 11.9. The Balaban J connectivity index is 3.03. The van der Waals surface area contributed by atoms with Crippen molar-refractivity contribution in [3.8, 4) is 0 Å². The monoisotopic (exact) mass is 286 g/mol. The van der Waals surface area contributed by atoms with E-state index < -0.39 is 11.0 Å². The van der Waals surface area contributed by atoms with Crippen molar-refractivity contribution in [1.82, 2.24) is 0 Å². The Kier molecular flexibility index (Phi) is 3.48. The van der Waals surface area contributed by atoms with Gasteiger partial charge in [0.15, 0.2) is 0 Å². The van der Waals surface area contributed by atoms with Crippen molar-refractivity contribution in [3.05, 3.63) is 34.3 Å². The largest absolute Gasteiger partial charge is 0.405 e. The Labute approximate surface area is 93.2 Å². The molecule has 5 heteroatoms. The van der Waals surface area contributed by atoms with Gasteiger partial charge < -0.3 is 0 Å². The van der Waals surface area contributed by atoms with Gasteiger partial charge in [0, 0.05) is 5.02 Å². The van der Waals surface area contributed by atoms with Crippen molar-refractivity contribution < 1.29 is 13.2 Å². The zero-order valence-corrected chi connectivity index (χ0v) is 9.54. The minimum absolute atomic E-state index is 0.119. The van der Waals surface area contributed by atoms with Crippen LogP contribution in [0, 0.1) is 6.92 Å². The second kappa shape index (κ2) is 4.11. The van der Waals surface area contributed by atoms with Crippen LogP contribution in [-0.4, -0.2) is 6.18 Å². The average molecular weight is 288 g/mol. The second-order valence-corrected chi connectivity index (χ2v) is 4.24. The molecule has 0 radical (unpaired) electrons. The first-order valence-corrected chi connectivity index (χ1v) is 5.08. The van der Waals surface area contributed by atoms with Gasteiger partial charge in [-0.3, -0.25) is 0 Å². The van der Waals surface area contributed by atoms with Crippen LogP contribution in [0.5, 0.6) is 0 Å². The molecule has 1 rings (SSSR count). The Morgan fingerprint density at radius 1 is 1.36 bits per heavy atom. The third-order valence-electron chi connectivity index (χ3n) is 1.78. The smallest absolute Gasteiger partial charge is 0.169 e. The number of benzene rings is 1. The van der Waals surface area contributed by atoms with Gasteiger partial charge in [0.2, 0.25) is 0 Å². The van der Waals surface area contributed by atoms with Crippen molar-refractivity contribution in [1.29, 1.82) is 0 Å². The van der Waals surface area contributed by atoms with Crippen LogP contribution in [0.15, 0.2) is 18.2 Å². The second-order valence-electron chi connectivity index (χ2n) is 2.91. The Morgan fingerprint density at radius 3 is 2.36 bits per heavy atom. The highest BCUT2D eigenvalue weighted by Gasteiger charge is 2.38. The van der Waals surface area contributed by atoms with E-state index in [1.54, 1.807) is 13.0 Å². The lowest BCUT2D eigenvalue weighted by Crippen LogP contribution is -2.15. The molecule has 1 aromatic rings. The minimum Gasteiger partial charge on any atom is -0.169 e. The van der Waals surface area contributed by atoms with Gasteiger partial charge in [-0.2, -0.15) is 13.2 Å². The number of halogens is 5. The standard InChI is InChI=1S/C9H7BrClF3/c1-5-2-3-6(4-7(5)11)8(10)9(12,13)14/h2-4,8H,1H3. The van der Waals surface area contributed by atoms with Gasteiger partial charge in [-0.25, -0.2) is 0 Å². The molecule has 0 bridgehead atoms. The van der Waals surface area contributed by atoms with Crippen molar-refractivity contribution >= 4 is 27.5 Å². The quantitative estimate of drug-likeness (QED) is 0.660. The molecule has 0 amide bonds. The topological polar surface area (TPSA) is 0 Å². The van der Waals surface area contributed by atoms with Crippen molar-refractivity contribution in [2.45, 2.75) is 17.9 Å². The third-order valence-corrected chi connectivity index (χ3v) is 3.23. The highest BCUT2D eigenvalue weighted by atomic mass is 79.9. The number of hydrogen-bond acceptors (Lipinski definition) is 0. The molecule has 0 N–H and O–H groups in total. The van der Waals surface area contributed by atoms with Crippen molar-refractivity contribution in [2.75, 3.05) is 0 Å². The Bertz CT molecular complexity index is 335. The molecule has 1 unspecified atom stereocenters. The van der Waals surface area contributed by atoms with Gasteiger partial charge >= 0.3 is 6.18 Å². The van der Waals surface area contributed by atoms with Crippen LogP contribution in [0.4, 0.5) is 13.2 Å². The molecule has 0 spiro atoms. The summed E-state index contributed by atoms with van der Waals surface area (Å²) in [5.41, 5.74) is 0.880. The fourth-order valence-corrected chi connectivity index (χ4v) is 1.43. The normalized spacial score (nSPS) is 14.1. The number of hydrogen-bond donors (Lipinski definition) is 0. The van der Waals surface area contributed by atoms with Crippen molar-refractivity contribution in [3.63, 3.8) is 0 Å². The lowest BCUT2D eigenvalue weighted by atomic mass is 10.1. The lowest BCUT2D eigenvalue weighted by molar-refractivity contribution is -0.128. The summed E-state index contributed by atoms with van der Waals surface area (Å²) >= 11 is 8.30. The van der Waals surface area contributed by atoms with E-state index >= 15 is 0 Å². The van der Waals surface area contributed by atoms with Gasteiger partial charge in [0.05, 0.1) is 0 Å². The van der Waals surface area contributed by atoms with E-state index in [1.165, 1.54) is 12.1 Å². The summed E-state index contributed by atoms with van der Waals surface area (Å²) in [6.45, 7) is 1.74. The molecular formula is C9H7BrClF3. The number of rotatable bonds is 1. The summed E-state index contributed by atoms with van der Waals surface area (Å²) in [6, 6.07) is 4.30. The summed E-state index contributed by atoms with van der Waals surface area (Å²) in [7, 11) is 0. The van der Waals surface area contributed by atoms with Crippen molar-refractivity contribution in [2.24, 2.45) is 0 Å². The van der Waals surface area contributed by atoms with Crippen LogP contribution in [0.2, 0.25) is 5.02 Å². The number of aryl methyl sites for hydroxylation is 1. The van der Waals surface area contributed by atoms with Crippen LogP contribution in [-0.2, 0) is 0 Å². The van der Waals surface area contributed by atoms with Crippen LogP contribution in [0.25, 0.3) is 0 Å². The Hall–Kier alpha value is -0.220. The molecule has 1 aromatic carbocycles. The maximum atomic E-state index is 12.3. The van der Waals surface area contributed by atoms with Crippen LogP contribution < -0.4 is 0 Å². The van der Waals surface area contributed by atoms with E-state index in [4.69, 9.17) is 11.6 Å². The van der Waals surface area contributed by atoms with Gasteiger partial charge in [0.25, 0.3) is 0 Å². The zero-order chi connectivity index (χ0) is 10.9. The molecule has 0 aliphatic carbocycles. The fraction of sp³-hybridized carbons (Fsp3) is 0.333. The molecule has 0 aromatic heterocycles. The molecule has 0 aliphatic rings. The fourth-order valence-electron chi connectivity index (χ4n) is 0.956. The Morgan fingerprint density at radius 2 is 1.93 bits per heavy atom. The SMILES string of the molecule is Cc1ccc(C(Br)C(F)(F)F)cc1Cl. The maximum absolute atomic E-state index is 12.3. The number of alkyl halides is 4. The van der Waals surface area contributed by atoms with Gasteiger partial charge in [-0.05, 0) is 24.1 Å². The highest BCUT2D eigenvalue weighted by Crippen LogP contribution is 2.40. The summed E-state index contributed by atoms with van der Waals surface area (Å²) in [5.74, 6) is 0. The van der Waals surface area contributed by atoms with Gasteiger partial charge in [-0.15, -0.1) is 0 Å². The van der Waals surface area contributed by atoms with E-state index in [0.717, 1.165) is 5.56 Å². The van der Waals surface area contributed by atoms with Crippen LogP contribution in [0.1, 0.15) is 16.0 Å². The summed E-state index contributed by atoms with van der Waals surface area (Å²) in [4.78, 5) is -1.66. The molecule has 0 aliphatic heterocycles. The molecule has 1 atom stereocenters. The van der Waals surface area contributed by atoms with Crippen LogP contribution >= 0.6 is 27.5 Å². The molecule has 0 saturated heterocycles. The zero-order valence-electron chi connectivity index (χ0n) is 7.20. The maximum Gasteiger partial charge on any atom is 0.405 e. The summed E-state index contributed by atoms with van der Waals surface area (Å²) in [6.07, 6.45) is -4.29. The lowest BCUT2D eigenvalue weighted by Gasteiger charge is -2.14.